The molecule has 0 aromatic rings. The number of guanidine groups is 1. The number of rotatable bonds is 9. The van der Waals surface area contributed by atoms with Crippen molar-refractivity contribution in [3.05, 3.63) is 0 Å². The molecule has 0 radical (unpaired) electrons. The number of likely N-dealkylation sites (N-methyl/N-ethyl adjacent to an activating group) is 1. The molecular weight excluding hydrogens is 296 g/mol. The molecule has 0 saturated heterocycles. The van der Waals surface area contributed by atoms with Crippen molar-refractivity contribution in [3.63, 3.8) is 0 Å². The van der Waals surface area contributed by atoms with E-state index in [4.69, 9.17) is 11.1 Å². The Morgan fingerprint density at radius 3 is 2.26 bits per heavy atom. The Morgan fingerprint density at radius 1 is 1.17 bits per heavy atom. The second-order valence-electron chi connectivity index (χ2n) is 6.85. The minimum Gasteiger partial charge on any atom is -0.370 e. The quantitative estimate of drug-likeness (QED) is 0.221. The van der Waals surface area contributed by atoms with Crippen molar-refractivity contribution < 1.29 is 9.59 Å². The van der Waals surface area contributed by atoms with Crippen LogP contribution in [0.5, 0.6) is 0 Å². The number of nitrogens with zero attached hydrogens (tertiary/aromatic N) is 1. The largest absolute Gasteiger partial charge is 0.370 e. The Kier molecular flexibility index (Phi) is 9.24. The number of hydrogen-bond acceptors (Lipinski definition) is 4. The summed E-state index contributed by atoms with van der Waals surface area (Å²) in [6, 6.07) is -0.586. The van der Waals surface area contributed by atoms with Gasteiger partial charge in [0.1, 0.15) is 6.04 Å². The summed E-state index contributed by atoms with van der Waals surface area (Å²) in [6.07, 6.45) is 1.10. The fourth-order valence-electron chi connectivity index (χ4n) is 1.70. The first-order chi connectivity index (χ1) is 10.5. The summed E-state index contributed by atoms with van der Waals surface area (Å²) >= 11 is 0. The number of nitrogens with two attached hydrogens (primary N) is 1. The Balaban J connectivity index is 4.55. The lowest BCUT2D eigenvalue weighted by molar-refractivity contribution is -0.133. The van der Waals surface area contributed by atoms with Crippen LogP contribution >= 0.6 is 0 Å². The highest BCUT2D eigenvalue weighted by atomic mass is 16.2. The van der Waals surface area contributed by atoms with Crippen LogP contribution in [-0.2, 0) is 9.59 Å². The maximum absolute atomic E-state index is 12.3. The van der Waals surface area contributed by atoms with Crippen molar-refractivity contribution in [2.24, 2.45) is 11.1 Å². The number of carbonyl (C=O) groups excluding carboxylic acids is 2. The van der Waals surface area contributed by atoms with E-state index in [0.717, 1.165) is 6.54 Å². The molecule has 2 amide bonds. The van der Waals surface area contributed by atoms with Crippen molar-refractivity contribution in [2.75, 3.05) is 33.7 Å². The standard InChI is InChI=1S/C15H32N6O2/c1-15(2,3)13(23)20-11(7-6-8-19-14(16)17)12(22)18-9-10-21(4)5/h11H,6-10H2,1-5H3,(H,18,22)(H,20,23)(H4,16,17,19). The molecule has 0 aromatic heterocycles. The van der Waals surface area contributed by atoms with Gasteiger partial charge in [0.05, 0.1) is 0 Å². The lowest BCUT2D eigenvalue weighted by Crippen LogP contribution is -2.50. The molecule has 0 saturated carbocycles. The van der Waals surface area contributed by atoms with Crippen LogP contribution in [0, 0.1) is 10.8 Å². The van der Waals surface area contributed by atoms with Crippen LogP contribution in [-0.4, -0.2) is 62.4 Å². The number of amides is 2. The van der Waals surface area contributed by atoms with Gasteiger partial charge in [-0.05, 0) is 26.9 Å². The molecule has 0 spiro atoms. The first-order valence-corrected chi connectivity index (χ1v) is 7.85. The SMILES string of the molecule is CN(C)CCNC(=O)C(CCCNC(=N)N)NC(=O)C(C)(C)C. The van der Waals surface area contributed by atoms with Gasteiger partial charge in [-0.15, -0.1) is 0 Å². The van der Waals surface area contributed by atoms with Crippen LogP contribution in [0.25, 0.3) is 0 Å². The molecule has 134 valence electrons. The Bertz CT molecular complexity index is 403. The zero-order valence-electron chi connectivity index (χ0n) is 15.0. The third-order valence-electron chi connectivity index (χ3n) is 3.15. The molecule has 0 heterocycles. The summed E-state index contributed by atoms with van der Waals surface area (Å²) in [4.78, 5) is 26.4. The fourth-order valence-corrected chi connectivity index (χ4v) is 1.70. The van der Waals surface area contributed by atoms with Gasteiger partial charge in [-0.2, -0.15) is 0 Å². The van der Waals surface area contributed by atoms with Gasteiger partial charge in [0.2, 0.25) is 11.8 Å². The monoisotopic (exact) mass is 328 g/mol. The van der Waals surface area contributed by atoms with E-state index in [0.29, 0.717) is 25.9 Å². The van der Waals surface area contributed by atoms with E-state index in [1.165, 1.54) is 0 Å². The normalized spacial score (nSPS) is 12.6. The minimum atomic E-state index is -0.586. The smallest absolute Gasteiger partial charge is 0.242 e. The van der Waals surface area contributed by atoms with Crippen LogP contribution in [0.2, 0.25) is 0 Å². The first kappa shape index (κ1) is 21.2. The molecule has 0 aliphatic rings. The summed E-state index contributed by atoms with van der Waals surface area (Å²) in [5.41, 5.74) is 4.66. The lowest BCUT2D eigenvalue weighted by Gasteiger charge is -2.24. The Labute approximate surface area is 139 Å². The molecule has 6 N–H and O–H groups in total. The molecule has 0 aliphatic carbocycles. The molecule has 8 nitrogen and oxygen atoms in total. The van der Waals surface area contributed by atoms with Gasteiger partial charge in [0.25, 0.3) is 0 Å². The highest BCUT2D eigenvalue weighted by molar-refractivity contribution is 5.89. The molecule has 0 bridgehead atoms. The average molecular weight is 328 g/mol. The van der Waals surface area contributed by atoms with Gasteiger partial charge in [-0.25, -0.2) is 0 Å². The highest BCUT2D eigenvalue weighted by Gasteiger charge is 2.27. The van der Waals surface area contributed by atoms with Crippen molar-refractivity contribution in [2.45, 2.75) is 39.7 Å². The molecule has 0 aliphatic heterocycles. The van der Waals surface area contributed by atoms with Crippen LogP contribution in [0.4, 0.5) is 0 Å². The Morgan fingerprint density at radius 2 is 1.78 bits per heavy atom. The number of nitrogens with one attached hydrogen (secondary N) is 4. The van der Waals surface area contributed by atoms with Crippen molar-refractivity contribution in [1.82, 2.24) is 20.9 Å². The second kappa shape index (κ2) is 10.0. The van der Waals surface area contributed by atoms with E-state index < -0.39 is 11.5 Å². The first-order valence-electron chi connectivity index (χ1n) is 7.85. The van der Waals surface area contributed by atoms with Gasteiger partial charge in [-0.3, -0.25) is 15.0 Å². The Hall–Kier alpha value is -1.83. The second-order valence-corrected chi connectivity index (χ2v) is 6.85. The molecule has 0 aromatic carbocycles. The van der Waals surface area contributed by atoms with E-state index in [1.54, 1.807) is 20.8 Å². The predicted molar refractivity (Wildman–Crippen MR) is 92.1 cm³/mol. The van der Waals surface area contributed by atoms with Crippen molar-refractivity contribution >= 4 is 17.8 Å². The van der Waals surface area contributed by atoms with Crippen molar-refractivity contribution in [3.8, 4) is 0 Å². The van der Waals surface area contributed by atoms with Crippen LogP contribution in [0.3, 0.4) is 0 Å². The number of carbonyl (C=O) groups is 2. The van der Waals surface area contributed by atoms with Crippen molar-refractivity contribution in [1.29, 1.82) is 5.41 Å². The molecule has 8 heteroatoms. The highest BCUT2D eigenvalue weighted by Crippen LogP contribution is 2.13. The van der Waals surface area contributed by atoms with Crippen LogP contribution in [0.1, 0.15) is 33.6 Å². The summed E-state index contributed by atoms with van der Waals surface area (Å²) in [6.45, 7) is 7.17. The minimum absolute atomic E-state index is 0.101. The number of hydrogen-bond donors (Lipinski definition) is 5. The maximum Gasteiger partial charge on any atom is 0.242 e. The van der Waals surface area contributed by atoms with Gasteiger partial charge >= 0.3 is 0 Å². The van der Waals surface area contributed by atoms with E-state index in [1.807, 2.05) is 19.0 Å². The summed E-state index contributed by atoms with van der Waals surface area (Å²) in [5, 5.41) is 15.4. The van der Waals surface area contributed by atoms with Gasteiger partial charge in [-0.1, -0.05) is 20.8 Å². The summed E-state index contributed by atoms with van der Waals surface area (Å²) in [5.74, 6) is -0.451. The zero-order chi connectivity index (χ0) is 18.0. The van der Waals surface area contributed by atoms with E-state index >= 15 is 0 Å². The maximum atomic E-state index is 12.3. The summed E-state index contributed by atoms with van der Waals surface area (Å²) in [7, 11) is 3.86. The molecule has 23 heavy (non-hydrogen) atoms. The predicted octanol–water partition coefficient (Wildman–Crippen LogP) is -0.542. The van der Waals surface area contributed by atoms with Gasteiger partial charge in [0, 0.05) is 25.0 Å². The third-order valence-corrected chi connectivity index (χ3v) is 3.15. The van der Waals surface area contributed by atoms with E-state index in [2.05, 4.69) is 16.0 Å². The van der Waals surface area contributed by atoms with E-state index in [9.17, 15) is 9.59 Å². The summed E-state index contributed by atoms with van der Waals surface area (Å²) < 4.78 is 0. The van der Waals surface area contributed by atoms with Crippen LogP contribution in [0.15, 0.2) is 0 Å². The molecule has 1 atom stereocenters. The third kappa shape index (κ3) is 10.5. The topological polar surface area (TPSA) is 123 Å². The zero-order valence-corrected chi connectivity index (χ0v) is 15.0. The molecule has 0 fully saturated rings. The molecule has 1 unspecified atom stereocenters. The lowest BCUT2D eigenvalue weighted by atomic mass is 9.94. The van der Waals surface area contributed by atoms with Crippen LogP contribution < -0.4 is 21.7 Å². The van der Waals surface area contributed by atoms with Gasteiger partial charge < -0.3 is 26.6 Å². The van der Waals surface area contributed by atoms with E-state index in [-0.39, 0.29) is 17.8 Å². The molecule has 0 rings (SSSR count). The molecular formula is C15H32N6O2. The van der Waals surface area contributed by atoms with Gasteiger partial charge in [0.15, 0.2) is 5.96 Å². The average Bonchev–Trinajstić information content (AvgIpc) is 2.39. The fraction of sp³-hybridized carbons (Fsp3) is 0.800.